The molecular formula is C23H23N5O2S. The van der Waals surface area contributed by atoms with Crippen LogP contribution in [-0.4, -0.2) is 30.5 Å². The lowest BCUT2D eigenvalue weighted by Crippen LogP contribution is -2.38. The molecule has 0 spiro atoms. The molecule has 158 valence electrons. The lowest BCUT2D eigenvalue weighted by molar-refractivity contribution is -0.384. The summed E-state index contributed by atoms with van der Waals surface area (Å²) in [5.74, 6) is 0. The van der Waals surface area contributed by atoms with Crippen LogP contribution < -0.4 is 5.32 Å². The Morgan fingerprint density at radius 1 is 1.06 bits per heavy atom. The maximum atomic E-state index is 11.1. The second kappa shape index (κ2) is 8.11. The van der Waals surface area contributed by atoms with E-state index in [0.29, 0.717) is 6.04 Å². The molecule has 0 amide bonds. The van der Waals surface area contributed by atoms with Crippen molar-refractivity contribution in [1.29, 1.82) is 0 Å². The van der Waals surface area contributed by atoms with Gasteiger partial charge in [0.25, 0.3) is 5.69 Å². The summed E-state index contributed by atoms with van der Waals surface area (Å²) in [4.78, 5) is 17.7. The molecule has 7 nitrogen and oxygen atoms in total. The van der Waals surface area contributed by atoms with Gasteiger partial charge in [0.15, 0.2) is 5.11 Å². The third-order valence-corrected chi connectivity index (χ3v) is 6.60. The van der Waals surface area contributed by atoms with E-state index in [1.807, 2.05) is 36.7 Å². The molecule has 1 N–H and O–H groups in total. The van der Waals surface area contributed by atoms with Crippen molar-refractivity contribution >= 4 is 23.0 Å². The van der Waals surface area contributed by atoms with Crippen molar-refractivity contribution in [3.63, 3.8) is 0 Å². The summed E-state index contributed by atoms with van der Waals surface area (Å²) in [5, 5.41) is 15.4. The number of aromatic nitrogens is 2. The van der Waals surface area contributed by atoms with Crippen molar-refractivity contribution in [3.8, 4) is 5.69 Å². The first-order chi connectivity index (χ1) is 15.1. The van der Waals surface area contributed by atoms with Crippen LogP contribution in [0.5, 0.6) is 0 Å². The van der Waals surface area contributed by atoms with E-state index in [2.05, 4.69) is 25.8 Å². The molecule has 1 aliphatic carbocycles. The minimum atomic E-state index is -0.376. The highest BCUT2D eigenvalue weighted by Gasteiger charge is 2.44. The molecule has 31 heavy (non-hydrogen) atoms. The van der Waals surface area contributed by atoms with Crippen LogP contribution in [-0.2, 0) is 0 Å². The van der Waals surface area contributed by atoms with Gasteiger partial charge >= 0.3 is 0 Å². The molecule has 8 heteroatoms. The monoisotopic (exact) mass is 433 g/mol. The lowest BCUT2D eigenvalue weighted by atomic mass is 9.99. The van der Waals surface area contributed by atoms with Crippen molar-refractivity contribution in [2.24, 2.45) is 0 Å². The Balaban J connectivity index is 1.59. The molecule has 2 aliphatic rings. The number of thiocarbonyl (C=S) groups is 1. The number of nitro groups is 1. The van der Waals surface area contributed by atoms with Crippen molar-refractivity contribution < 1.29 is 4.92 Å². The Labute approximate surface area is 185 Å². The Morgan fingerprint density at radius 2 is 1.84 bits per heavy atom. The molecule has 1 aromatic carbocycles. The number of non-ortho nitro benzene ring substituents is 1. The average Bonchev–Trinajstić information content (AvgIpc) is 3.54. The van der Waals surface area contributed by atoms with Crippen LogP contribution in [0.25, 0.3) is 5.69 Å². The molecule has 0 radical (unpaired) electrons. The van der Waals surface area contributed by atoms with Crippen molar-refractivity contribution in [2.75, 3.05) is 0 Å². The summed E-state index contributed by atoms with van der Waals surface area (Å²) in [6.07, 6.45) is 8.50. The van der Waals surface area contributed by atoms with Gasteiger partial charge in [-0.25, -0.2) is 0 Å². The van der Waals surface area contributed by atoms with Crippen LogP contribution in [0.2, 0.25) is 0 Å². The highest BCUT2D eigenvalue weighted by molar-refractivity contribution is 7.80. The Hall–Kier alpha value is -3.26. The zero-order chi connectivity index (χ0) is 21.4. The molecule has 1 saturated heterocycles. The zero-order valence-electron chi connectivity index (χ0n) is 16.9. The summed E-state index contributed by atoms with van der Waals surface area (Å²) in [6, 6.07) is 17.1. The fourth-order valence-corrected chi connectivity index (χ4v) is 5.25. The summed E-state index contributed by atoms with van der Waals surface area (Å²) in [5.41, 5.74) is 3.00. The van der Waals surface area contributed by atoms with Gasteiger partial charge in [0, 0.05) is 41.9 Å². The standard InChI is InChI=1S/C23H23N5O2S/c29-28(30)18-12-10-16(11-13-18)26-15-5-9-20(26)22-21(19-8-3-4-14-24-19)25-23(31)27(22)17-6-1-2-7-17/h3-5,8-15,17,21-22H,1-2,6-7H2,(H,25,31)/t21-,22+/m1/s1. The minimum absolute atomic E-state index is 0.0179. The minimum Gasteiger partial charge on any atom is -0.352 e. The molecule has 3 aromatic rings. The van der Waals surface area contributed by atoms with Crippen molar-refractivity contribution in [1.82, 2.24) is 19.8 Å². The first-order valence-electron chi connectivity index (χ1n) is 10.6. The van der Waals surface area contributed by atoms with Crippen LogP contribution in [0.4, 0.5) is 5.69 Å². The van der Waals surface area contributed by atoms with Gasteiger partial charge in [0.2, 0.25) is 0 Å². The van der Waals surface area contributed by atoms with Crippen LogP contribution in [0.1, 0.15) is 49.2 Å². The van der Waals surface area contributed by atoms with Crippen molar-refractivity contribution in [3.05, 3.63) is 88.5 Å². The molecule has 5 rings (SSSR count). The van der Waals surface area contributed by atoms with E-state index < -0.39 is 0 Å². The number of pyridine rings is 1. The first-order valence-corrected chi connectivity index (χ1v) is 11.0. The number of nitro benzene ring substituents is 1. The highest BCUT2D eigenvalue weighted by Crippen LogP contribution is 2.43. The van der Waals surface area contributed by atoms with Crippen LogP contribution in [0, 0.1) is 10.1 Å². The second-order valence-electron chi connectivity index (χ2n) is 8.05. The van der Waals surface area contributed by atoms with E-state index in [-0.39, 0.29) is 22.7 Å². The van der Waals surface area contributed by atoms with Crippen molar-refractivity contribution in [2.45, 2.75) is 43.8 Å². The molecule has 1 aliphatic heterocycles. The van der Waals surface area contributed by atoms with Gasteiger partial charge in [-0.1, -0.05) is 18.9 Å². The molecule has 1 saturated carbocycles. The van der Waals surface area contributed by atoms with Gasteiger partial charge in [-0.2, -0.15) is 0 Å². The van der Waals surface area contributed by atoms with Crippen LogP contribution >= 0.6 is 12.2 Å². The van der Waals surface area contributed by atoms with Crippen LogP contribution in [0.3, 0.4) is 0 Å². The van der Waals surface area contributed by atoms with E-state index in [4.69, 9.17) is 12.2 Å². The van der Waals surface area contributed by atoms with Gasteiger partial charge in [0.05, 0.1) is 22.7 Å². The third-order valence-electron chi connectivity index (χ3n) is 6.28. The summed E-state index contributed by atoms with van der Waals surface area (Å²) >= 11 is 5.81. The normalized spacial score (nSPS) is 21.4. The number of nitrogens with one attached hydrogen (secondary N) is 1. The molecule has 0 unspecified atom stereocenters. The summed E-state index contributed by atoms with van der Waals surface area (Å²) in [7, 11) is 0. The SMILES string of the molecule is O=[N+]([O-])c1ccc(-n2cccc2[C@H]2[C@@H](c3ccccn3)NC(=S)N2C2CCCC2)cc1. The number of nitrogens with zero attached hydrogens (tertiary/aromatic N) is 4. The highest BCUT2D eigenvalue weighted by atomic mass is 32.1. The van der Waals surface area contributed by atoms with E-state index in [9.17, 15) is 10.1 Å². The smallest absolute Gasteiger partial charge is 0.269 e. The predicted molar refractivity (Wildman–Crippen MR) is 122 cm³/mol. The third kappa shape index (κ3) is 3.57. The summed E-state index contributed by atoms with van der Waals surface area (Å²) < 4.78 is 2.10. The lowest BCUT2D eigenvalue weighted by Gasteiger charge is -2.33. The fraction of sp³-hybridized carbons (Fsp3) is 0.304. The molecule has 2 atom stereocenters. The van der Waals surface area contributed by atoms with Gasteiger partial charge in [-0.15, -0.1) is 0 Å². The maximum absolute atomic E-state index is 11.1. The van der Waals surface area contributed by atoms with Gasteiger partial charge in [-0.05, 0) is 61.5 Å². The topological polar surface area (TPSA) is 76.2 Å². The summed E-state index contributed by atoms with van der Waals surface area (Å²) in [6.45, 7) is 0. The van der Waals surface area contributed by atoms with E-state index in [1.54, 1.807) is 24.3 Å². The second-order valence-corrected chi connectivity index (χ2v) is 8.44. The van der Waals surface area contributed by atoms with Gasteiger partial charge in [0.1, 0.15) is 0 Å². The molecule has 2 aromatic heterocycles. The largest absolute Gasteiger partial charge is 0.352 e. The van der Waals surface area contributed by atoms with Gasteiger partial charge in [-0.3, -0.25) is 15.1 Å². The molecule has 2 fully saturated rings. The molecule has 3 heterocycles. The molecular weight excluding hydrogens is 410 g/mol. The number of hydrogen-bond donors (Lipinski definition) is 1. The van der Waals surface area contributed by atoms with E-state index in [1.165, 1.54) is 12.8 Å². The quantitative estimate of drug-likeness (QED) is 0.357. The van der Waals surface area contributed by atoms with Gasteiger partial charge < -0.3 is 14.8 Å². The first kappa shape index (κ1) is 19.7. The zero-order valence-corrected chi connectivity index (χ0v) is 17.7. The Kier molecular flexibility index (Phi) is 5.15. The number of rotatable bonds is 5. The molecule has 0 bridgehead atoms. The predicted octanol–water partition coefficient (Wildman–Crippen LogP) is 4.70. The maximum Gasteiger partial charge on any atom is 0.269 e. The van der Waals surface area contributed by atoms with Crippen LogP contribution in [0.15, 0.2) is 67.0 Å². The van der Waals surface area contributed by atoms with E-state index in [0.717, 1.165) is 35.0 Å². The Morgan fingerprint density at radius 3 is 2.52 bits per heavy atom. The van der Waals surface area contributed by atoms with E-state index >= 15 is 0 Å². The average molecular weight is 434 g/mol. The fourth-order valence-electron chi connectivity index (χ4n) is 4.86. The Bertz CT molecular complexity index is 1090. The number of benzene rings is 1. The number of hydrogen-bond acceptors (Lipinski definition) is 4.